The molecule has 0 saturated heterocycles. The Morgan fingerprint density at radius 1 is 0.967 bits per heavy atom. The van der Waals surface area contributed by atoms with Crippen LogP contribution in [-0.2, 0) is 25.7 Å². The van der Waals surface area contributed by atoms with Crippen molar-refractivity contribution in [3.63, 3.8) is 0 Å². The first kappa shape index (κ1) is 22.9. The number of hydrogen-bond acceptors (Lipinski definition) is 5. The van der Waals surface area contributed by atoms with E-state index in [-0.39, 0.29) is 12.5 Å². The SMILES string of the molecule is CC(C)[C@H](NC(=O)OCc1ccccc1)C(=O)O[C@@H](C)C(=O)Nc1ccc(F)cc1. The minimum atomic E-state index is -1.12. The third-order valence-electron chi connectivity index (χ3n) is 4.18. The number of anilines is 1. The molecule has 0 heterocycles. The second-order valence-electron chi connectivity index (χ2n) is 7.00. The van der Waals surface area contributed by atoms with Gasteiger partial charge in [-0.1, -0.05) is 44.2 Å². The molecule has 0 fully saturated rings. The molecule has 0 radical (unpaired) electrons. The molecule has 2 aromatic rings. The van der Waals surface area contributed by atoms with E-state index in [1.54, 1.807) is 13.8 Å². The van der Waals surface area contributed by atoms with E-state index in [4.69, 9.17) is 9.47 Å². The van der Waals surface area contributed by atoms with Gasteiger partial charge in [0.1, 0.15) is 18.5 Å². The number of hydrogen-bond donors (Lipinski definition) is 2. The lowest BCUT2D eigenvalue weighted by Gasteiger charge is -2.22. The molecular weight excluding hydrogens is 391 g/mol. The topological polar surface area (TPSA) is 93.7 Å². The lowest BCUT2D eigenvalue weighted by Crippen LogP contribution is -2.47. The van der Waals surface area contributed by atoms with Crippen LogP contribution in [0.1, 0.15) is 26.3 Å². The lowest BCUT2D eigenvalue weighted by molar-refractivity contribution is -0.156. The summed E-state index contributed by atoms with van der Waals surface area (Å²) in [6, 6.07) is 13.3. The molecule has 2 N–H and O–H groups in total. The second-order valence-corrected chi connectivity index (χ2v) is 7.00. The molecule has 2 aromatic carbocycles. The smallest absolute Gasteiger partial charge is 0.408 e. The maximum absolute atomic E-state index is 12.9. The van der Waals surface area contributed by atoms with Crippen LogP contribution in [0.2, 0.25) is 0 Å². The van der Waals surface area contributed by atoms with Gasteiger partial charge in [0.25, 0.3) is 5.91 Å². The number of carbonyl (C=O) groups is 3. The summed E-state index contributed by atoms with van der Waals surface area (Å²) in [5.41, 5.74) is 1.18. The summed E-state index contributed by atoms with van der Waals surface area (Å²) in [6.07, 6.45) is -1.89. The van der Waals surface area contributed by atoms with Gasteiger partial charge in [0, 0.05) is 5.69 Å². The molecule has 0 spiro atoms. The highest BCUT2D eigenvalue weighted by atomic mass is 19.1. The molecule has 0 aromatic heterocycles. The zero-order valence-corrected chi connectivity index (χ0v) is 17.1. The van der Waals surface area contributed by atoms with Crippen LogP contribution in [0, 0.1) is 11.7 Å². The first-order chi connectivity index (χ1) is 14.3. The van der Waals surface area contributed by atoms with E-state index in [9.17, 15) is 18.8 Å². The number of nitrogens with one attached hydrogen (secondary N) is 2. The second kappa shape index (κ2) is 10.9. The van der Waals surface area contributed by atoms with Gasteiger partial charge in [0.2, 0.25) is 0 Å². The number of ether oxygens (including phenoxy) is 2. The van der Waals surface area contributed by atoms with Crippen LogP contribution < -0.4 is 10.6 Å². The van der Waals surface area contributed by atoms with Crippen LogP contribution in [0.3, 0.4) is 0 Å². The average Bonchev–Trinajstić information content (AvgIpc) is 2.72. The number of halogens is 1. The number of alkyl carbamates (subject to hydrolysis) is 1. The summed E-state index contributed by atoms with van der Waals surface area (Å²) in [7, 11) is 0. The number of amides is 2. The van der Waals surface area contributed by atoms with Crippen molar-refractivity contribution < 1.29 is 28.2 Å². The highest BCUT2D eigenvalue weighted by Crippen LogP contribution is 2.11. The Labute approximate surface area is 174 Å². The van der Waals surface area contributed by atoms with E-state index in [2.05, 4.69) is 10.6 Å². The molecule has 7 nitrogen and oxygen atoms in total. The zero-order chi connectivity index (χ0) is 22.1. The Morgan fingerprint density at radius 2 is 1.60 bits per heavy atom. The number of rotatable bonds is 8. The molecular formula is C22H25FN2O5. The number of esters is 1. The Kier molecular flexibility index (Phi) is 8.34. The van der Waals surface area contributed by atoms with E-state index < -0.39 is 35.9 Å². The average molecular weight is 416 g/mol. The molecule has 2 atom stereocenters. The molecule has 0 aliphatic rings. The van der Waals surface area contributed by atoms with Crippen LogP contribution in [0.5, 0.6) is 0 Å². The van der Waals surface area contributed by atoms with Crippen molar-refractivity contribution in [1.82, 2.24) is 5.32 Å². The number of carbonyl (C=O) groups excluding carboxylic acids is 3. The molecule has 2 rings (SSSR count). The van der Waals surface area contributed by atoms with Crippen LogP contribution in [0.25, 0.3) is 0 Å². The first-order valence-corrected chi connectivity index (χ1v) is 9.50. The van der Waals surface area contributed by atoms with Gasteiger partial charge in [-0.05, 0) is 42.7 Å². The van der Waals surface area contributed by atoms with Crippen molar-refractivity contribution in [3.05, 3.63) is 66.0 Å². The normalized spacial score (nSPS) is 12.6. The molecule has 30 heavy (non-hydrogen) atoms. The van der Waals surface area contributed by atoms with Crippen molar-refractivity contribution in [2.45, 2.75) is 39.5 Å². The predicted octanol–water partition coefficient (Wildman–Crippen LogP) is 3.65. The standard InChI is InChI=1S/C22H25FN2O5/c1-14(2)19(25-22(28)29-13-16-7-5-4-6-8-16)21(27)30-15(3)20(26)24-18-11-9-17(23)10-12-18/h4-12,14-15,19H,13H2,1-3H3,(H,24,26)(H,25,28)/t15-,19-/m0/s1. The quantitative estimate of drug-likeness (QED) is 0.641. The Morgan fingerprint density at radius 3 is 2.20 bits per heavy atom. The van der Waals surface area contributed by atoms with Gasteiger partial charge < -0.3 is 20.1 Å². The molecule has 8 heteroatoms. The fraction of sp³-hybridized carbons (Fsp3) is 0.318. The highest BCUT2D eigenvalue weighted by Gasteiger charge is 2.29. The Balaban J connectivity index is 1.88. The van der Waals surface area contributed by atoms with Crippen molar-refractivity contribution in [2.24, 2.45) is 5.92 Å². The molecule has 0 aliphatic carbocycles. The summed E-state index contributed by atoms with van der Waals surface area (Å²) in [5.74, 6) is -2.07. The molecule has 0 bridgehead atoms. The monoisotopic (exact) mass is 416 g/mol. The van der Waals surface area contributed by atoms with Crippen molar-refractivity contribution in [3.8, 4) is 0 Å². The van der Waals surface area contributed by atoms with E-state index in [1.165, 1.54) is 31.2 Å². The van der Waals surface area contributed by atoms with Crippen molar-refractivity contribution >= 4 is 23.7 Å². The minimum absolute atomic E-state index is 0.0585. The Hall–Kier alpha value is -3.42. The fourth-order valence-corrected chi connectivity index (χ4v) is 2.47. The van der Waals surface area contributed by atoms with Crippen LogP contribution in [-0.4, -0.2) is 30.1 Å². The van der Waals surface area contributed by atoms with E-state index in [1.807, 2.05) is 30.3 Å². The van der Waals surface area contributed by atoms with Gasteiger partial charge in [0.05, 0.1) is 0 Å². The molecule has 0 unspecified atom stereocenters. The van der Waals surface area contributed by atoms with Crippen LogP contribution in [0.4, 0.5) is 14.9 Å². The van der Waals surface area contributed by atoms with Gasteiger partial charge in [-0.2, -0.15) is 0 Å². The van der Waals surface area contributed by atoms with E-state index in [0.29, 0.717) is 5.69 Å². The lowest BCUT2D eigenvalue weighted by atomic mass is 10.1. The summed E-state index contributed by atoms with van der Waals surface area (Å²) < 4.78 is 23.3. The fourth-order valence-electron chi connectivity index (χ4n) is 2.47. The summed E-state index contributed by atoms with van der Waals surface area (Å²) >= 11 is 0. The van der Waals surface area contributed by atoms with Gasteiger partial charge in [0.15, 0.2) is 6.10 Å². The maximum atomic E-state index is 12.9. The van der Waals surface area contributed by atoms with E-state index in [0.717, 1.165) is 5.56 Å². The largest absolute Gasteiger partial charge is 0.451 e. The predicted molar refractivity (Wildman–Crippen MR) is 109 cm³/mol. The first-order valence-electron chi connectivity index (χ1n) is 9.50. The van der Waals surface area contributed by atoms with Gasteiger partial charge in [-0.3, -0.25) is 4.79 Å². The van der Waals surface area contributed by atoms with Gasteiger partial charge >= 0.3 is 12.1 Å². The van der Waals surface area contributed by atoms with Crippen molar-refractivity contribution in [1.29, 1.82) is 0 Å². The summed E-state index contributed by atoms with van der Waals surface area (Å²) in [6.45, 7) is 4.92. The third-order valence-corrected chi connectivity index (χ3v) is 4.18. The minimum Gasteiger partial charge on any atom is -0.451 e. The molecule has 0 aliphatic heterocycles. The Bertz CT molecular complexity index is 856. The van der Waals surface area contributed by atoms with Crippen LogP contribution >= 0.6 is 0 Å². The number of benzene rings is 2. The van der Waals surface area contributed by atoms with Crippen molar-refractivity contribution in [2.75, 3.05) is 5.32 Å². The molecule has 0 saturated carbocycles. The van der Waals surface area contributed by atoms with Crippen LogP contribution in [0.15, 0.2) is 54.6 Å². The molecule has 160 valence electrons. The van der Waals surface area contributed by atoms with Gasteiger partial charge in [-0.15, -0.1) is 0 Å². The third kappa shape index (κ3) is 7.20. The highest BCUT2D eigenvalue weighted by molar-refractivity contribution is 5.95. The molecule has 2 amide bonds. The summed E-state index contributed by atoms with van der Waals surface area (Å²) in [5, 5.41) is 5.00. The summed E-state index contributed by atoms with van der Waals surface area (Å²) in [4.78, 5) is 36.8. The zero-order valence-electron chi connectivity index (χ0n) is 17.1. The van der Waals surface area contributed by atoms with E-state index >= 15 is 0 Å². The van der Waals surface area contributed by atoms with Gasteiger partial charge in [-0.25, -0.2) is 14.0 Å². The maximum Gasteiger partial charge on any atom is 0.408 e.